The number of anilines is 1. The lowest BCUT2D eigenvalue weighted by molar-refractivity contribution is -0.0361. The van der Waals surface area contributed by atoms with Gasteiger partial charge in [-0.2, -0.15) is 0 Å². The maximum absolute atomic E-state index is 13.2. The lowest BCUT2D eigenvalue weighted by atomic mass is 9.89. The first kappa shape index (κ1) is 17.6. The number of halogens is 2. The molecular weight excluding hydrogens is 302 g/mol. The van der Waals surface area contributed by atoms with Crippen LogP contribution in [-0.4, -0.2) is 27.8 Å². The van der Waals surface area contributed by atoms with Crippen LogP contribution in [0.25, 0.3) is 0 Å². The van der Waals surface area contributed by atoms with E-state index in [1.807, 2.05) is 20.8 Å². The fourth-order valence-corrected chi connectivity index (χ4v) is 2.70. The van der Waals surface area contributed by atoms with Crippen molar-refractivity contribution in [2.75, 3.05) is 5.32 Å². The highest BCUT2D eigenvalue weighted by molar-refractivity contribution is 5.93. The molecule has 5 nitrogen and oxygen atoms in total. The van der Waals surface area contributed by atoms with Gasteiger partial charge in [-0.15, -0.1) is 0 Å². The Morgan fingerprint density at radius 2 is 2.00 bits per heavy atom. The Morgan fingerprint density at radius 1 is 1.39 bits per heavy atom. The van der Waals surface area contributed by atoms with Crippen LogP contribution >= 0.6 is 0 Å². The van der Waals surface area contributed by atoms with Gasteiger partial charge in [-0.1, -0.05) is 20.8 Å². The van der Waals surface area contributed by atoms with Gasteiger partial charge in [0.2, 0.25) is 11.9 Å². The Balaban J connectivity index is 2.14. The fourth-order valence-electron chi connectivity index (χ4n) is 2.70. The number of carbonyl (C=O) groups is 1. The molecule has 0 saturated heterocycles. The van der Waals surface area contributed by atoms with Gasteiger partial charge in [0.1, 0.15) is 0 Å². The number of nitrogens with one attached hydrogen (secondary N) is 1. The van der Waals surface area contributed by atoms with E-state index in [0.29, 0.717) is 36.5 Å². The average molecular weight is 326 g/mol. The summed E-state index contributed by atoms with van der Waals surface area (Å²) in [4.78, 5) is 20.0. The Bertz CT molecular complexity index is 574. The number of nitrogens with two attached hydrogens (primary N) is 1. The minimum Gasteiger partial charge on any atom is -0.365 e. The van der Waals surface area contributed by atoms with Gasteiger partial charge in [-0.3, -0.25) is 4.79 Å². The lowest BCUT2D eigenvalue weighted by Gasteiger charge is -2.29. The maximum atomic E-state index is 13.2. The number of carbonyl (C=O) groups excluding carboxylic acids is 1. The zero-order valence-electron chi connectivity index (χ0n) is 13.8. The van der Waals surface area contributed by atoms with Crippen LogP contribution in [0.4, 0.5) is 14.7 Å². The predicted octanol–water partition coefficient (Wildman–Crippen LogP) is 3.15. The van der Waals surface area contributed by atoms with Crippen molar-refractivity contribution in [3.05, 3.63) is 17.5 Å². The summed E-state index contributed by atoms with van der Waals surface area (Å²) in [6.07, 6.45) is 2.49. The van der Waals surface area contributed by atoms with Crippen molar-refractivity contribution < 1.29 is 13.6 Å². The van der Waals surface area contributed by atoms with Crippen molar-refractivity contribution in [2.24, 2.45) is 11.1 Å². The molecule has 1 amide bonds. The van der Waals surface area contributed by atoms with Crippen LogP contribution in [0.5, 0.6) is 0 Å². The number of primary amides is 1. The van der Waals surface area contributed by atoms with E-state index in [1.165, 1.54) is 6.20 Å². The normalized spacial score (nSPS) is 18.7. The molecule has 0 radical (unpaired) electrons. The van der Waals surface area contributed by atoms with E-state index in [9.17, 15) is 13.6 Å². The van der Waals surface area contributed by atoms with Crippen molar-refractivity contribution in [3.8, 4) is 0 Å². The smallest absolute Gasteiger partial charge is 0.252 e. The first-order chi connectivity index (χ1) is 10.6. The van der Waals surface area contributed by atoms with Crippen LogP contribution in [0.2, 0.25) is 0 Å². The van der Waals surface area contributed by atoms with Gasteiger partial charge in [-0.05, 0) is 24.7 Å². The van der Waals surface area contributed by atoms with Crippen LogP contribution in [-0.2, 0) is 6.42 Å². The van der Waals surface area contributed by atoms with Crippen LogP contribution in [0.3, 0.4) is 0 Å². The van der Waals surface area contributed by atoms with Gasteiger partial charge < -0.3 is 11.1 Å². The molecule has 1 aromatic rings. The molecule has 0 bridgehead atoms. The van der Waals surface area contributed by atoms with E-state index >= 15 is 0 Å². The van der Waals surface area contributed by atoms with E-state index in [1.54, 1.807) is 0 Å². The molecule has 1 fully saturated rings. The topological polar surface area (TPSA) is 80.9 Å². The monoisotopic (exact) mass is 326 g/mol. The predicted molar refractivity (Wildman–Crippen MR) is 84.5 cm³/mol. The SMILES string of the molecule is CC(C)(C)Cc1nc(NC2CCC(F)(F)CC2)ncc1C(N)=O. The largest absolute Gasteiger partial charge is 0.365 e. The number of aromatic nitrogens is 2. The second-order valence-corrected chi connectivity index (χ2v) is 7.43. The average Bonchev–Trinajstić information content (AvgIpc) is 2.39. The summed E-state index contributed by atoms with van der Waals surface area (Å²) in [5.74, 6) is -2.76. The van der Waals surface area contributed by atoms with Crippen LogP contribution in [0.1, 0.15) is 62.5 Å². The molecule has 1 heterocycles. The van der Waals surface area contributed by atoms with Crippen molar-refractivity contribution in [3.63, 3.8) is 0 Å². The van der Waals surface area contributed by atoms with Gasteiger partial charge in [0.25, 0.3) is 5.91 Å². The number of rotatable bonds is 4. The lowest BCUT2D eigenvalue weighted by Crippen LogP contribution is -2.32. The Hall–Kier alpha value is -1.79. The van der Waals surface area contributed by atoms with Gasteiger partial charge in [0, 0.05) is 25.1 Å². The summed E-state index contributed by atoms with van der Waals surface area (Å²) in [6, 6.07) is -0.0726. The summed E-state index contributed by atoms with van der Waals surface area (Å²) in [5, 5.41) is 3.10. The van der Waals surface area contributed by atoms with Crippen molar-refractivity contribution in [1.29, 1.82) is 0 Å². The van der Waals surface area contributed by atoms with Crippen LogP contribution < -0.4 is 11.1 Å². The number of nitrogens with zero attached hydrogens (tertiary/aromatic N) is 2. The van der Waals surface area contributed by atoms with Crippen molar-refractivity contribution in [2.45, 2.75) is 64.8 Å². The molecule has 0 unspecified atom stereocenters. The molecule has 3 N–H and O–H groups in total. The highest BCUT2D eigenvalue weighted by Gasteiger charge is 2.35. The Morgan fingerprint density at radius 3 is 2.52 bits per heavy atom. The molecule has 7 heteroatoms. The molecule has 0 aliphatic heterocycles. The van der Waals surface area contributed by atoms with E-state index in [-0.39, 0.29) is 24.3 Å². The minimum atomic E-state index is -2.56. The fraction of sp³-hybridized carbons (Fsp3) is 0.688. The molecule has 2 rings (SSSR count). The molecule has 0 aromatic carbocycles. The van der Waals surface area contributed by atoms with Gasteiger partial charge in [0.15, 0.2) is 0 Å². The summed E-state index contributed by atoms with van der Waals surface area (Å²) >= 11 is 0. The Labute approximate surface area is 135 Å². The van der Waals surface area contributed by atoms with E-state index in [0.717, 1.165) is 0 Å². The number of alkyl halides is 2. The third kappa shape index (κ3) is 5.11. The van der Waals surface area contributed by atoms with Crippen molar-refractivity contribution >= 4 is 11.9 Å². The van der Waals surface area contributed by atoms with Crippen LogP contribution in [0.15, 0.2) is 6.20 Å². The Kier molecular flexibility index (Phi) is 4.87. The first-order valence-electron chi connectivity index (χ1n) is 7.86. The van der Waals surface area contributed by atoms with Gasteiger partial charge >= 0.3 is 0 Å². The second kappa shape index (κ2) is 6.37. The molecule has 23 heavy (non-hydrogen) atoms. The molecule has 1 saturated carbocycles. The summed E-state index contributed by atoms with van der Waals surface area (Å²) in [5.41, 5.74) is 6.20. The molecule has 128 valence electrons. The number of hydrogen-bond acceptors (Lipinski definition) is 4. The minimum absolute atomic E-state index is 0.0667. The quantitative estimate of drug-likeness (QED) is 0.890. The zero-order chi connectivity index (χ0) is 17.3. The summed E-state index contributed by atoms with van der Waals surface area (Å²) < 4.78 is 26.4. The number of amides is 1. The van der Waals surface area contributed by atoms with E-state index < -0.39 is 11.8 Å². The highest BCUT2D eigenvalue weighted by atomic mass is 19.3. The van der Waals surface area contributed by atoms with Crippen molar-refractivity contribution in [1.82, 2.24) is 9.97 Å². The highest BCUT2D eigenvalue weighted by Crippen LogP contribution is 2.34. The molecular formula is C16H24F2N4O. The third-order valence-corrected chi connectivity index (χ3v) is 3.88. The zero-order valence-corrected chi connectivity index (χ0v) is 13.8. The molecule has 1 aromatic heterocycles. The standard InChI is InChI=1S/C16H24F2N4O/c1-15(2,3)8-12-11(13(19)23)9-20-14(22-12)21-10-4-6-16(17,18)7-5-10/h9-10H,4-8H2,1-3H3,(H2,19,23)(H,20,21,22). The summed E-state index contributed by atoms with van der Waals surface area (Å²) in [6.45, 7) is 6.11. The first-order valence-corrected chi connectivity index (χ1v) is 7.86. The van der Waals surface area contributed by atoms with E-state index in [2.05, 4.69) is 15.3 Å². The number of hydrogen-bond donors (Lipinski definition) is 2. The van der Waals surface area contributed by atoms with Crippen LogP contribution in [0, 0.1) is 5.41 Å². The molecule has 0 atom stereocenters. The molecule has 0 spiro atoms. The summed E-state index contributed by atoms with van der Waals surface area (Å²) in [7, 11) is 0. The third-order valence-electron chi connectivity index (χ3n) is 3.88. The van der Waals surface area contributed by atoms with Gasteiger partial charge in [-0.25, -0.2) is 18.7 Å². The molecule has 1 aliphatic rings. The maximum Gasteiger partial charge on any atom is 0.252 e. The molecule has 1 aliphatic carbocycles. The van der Waals surface area contributed by atoms with E-state index in [4.69, 9.17) is 5.73 Å². The van der Waals surface area contributed by atoms with Gasteiger partial charge in [0.05, 0.1) is 11.3 Å². The second-order valence-electron chi connectivity index (χ2n) is 7.43.